The van der Waals surface area contributed by atoms with Crippen molar-refractivity contribution in [3.8, 4) is 0 Å². The molecule has 6 nitrogen and oxygen atoms in total. The Labute approximate surface area is 136 Å². The van der Waals surface area contributed by atoms with Crippen molar-refractivity contribution in [2.24, 2.45) is 5.16 Å². The second-order valence-corrected chi connectivity index (χ2v) is 5.40. The fourth-order valence-corrected chi connectivity index (χ4v) is 2.55. The molecule has 0 saturated heterocycles. The Morgan fingerprint density at radius 3 is 3.09 bits per heavy atom. The lowest BCUT2D eigenvalue weighted by Gasteiger charge is -2.09. The number of hydrogen-bond acceptors (Lipinski definition) is 4. The number of hydrogen-bond donors (Lipinski definition) is 1. The largest absolute Gasteiger partial charge is 0.382 e. The Bertz CT molecular complexity index is 713. The van der Waals surface area contributed by atoms with Crippen LogP contribution in [-0.4, -0.2) is 34.0 Å². The van der Waals surface area contributed by atoms with Crippen molar-refractivity contribution in [3.05, 3.63) is 53.1 Å². The third-order valence-corrected chi connectivity index (χ3v) is 3.73. The minimum atomic E-state index is -0.779. The predicted octanol–water partition coefficient (Wildman–Crippen LogP) is 1.98. The van der Waals surface area contributed by atoms with Gasteiger partial charge in [-0.2, -0.15) is 5.10 Å². The van der Waals surface area contributed by atoms with Gasteiger partial charge in [0.1, 0.15) is 5.82 Å². The monoisotopic (exact) mass is 336 g/mol. The van der Waals surface area contributed by atoms with Crippen LogP contribution in [0.1, 0.15) is 12.0 Å². The van der Waals surface area contributed by atoms with Crippen molar-refractivity contribution in [3.63, 3.8) is 0 Å². The van der Waals surface area contributed by atoms with Crippen LogP contribution in [0.2, 0.25) is 5.02 Å². The highest BCUT2D eigenvalue weighted by molar-refractivity contribution is 6.34. The van der Waals surface area contributed by atoms with Gasteiger partial charge in [-0.05, 0) is 18.2 Å². The number of carbonyl (C=O) groups excluding carboxylic acids is 1. The topological polar surface area (TPSA) is 68.5 Å². The number of oxime groups is 1. The lowest BCUT2D eigenvalue weighted by Crippen LogP contribution is -2.36. The van der Waals surface area contributed by atoms with Gasteiger partial charge < -0.3 is 10.2 Å². The summed E-state index contributed by atoms with van der Waals surface area (Å²) in [5.74, 6) is -0.789. The molecule has 1 aromatic heterocycles. The van der Waals surface area contributed by atoms with E-state index in [0.29, 0.717) is 18.8 Å². The quantitative estimate of drug-likeness (QED) is 0.907. The van der Waals surface area contributed by atoms with Crippen molar-refractivity contribution in [2.75, 3.05) is 6.54 Å². The van der Waals surface area contributed by atoms with Gasteiger partial charge in [0.15, 0.2) is 0 Å². The smallest absolute Gasteiger partial charge is 0.264 e. The van der Waals surface area contributed by atoms with Crippen LogP contribution < -0.4 is 5.32 Å². The maximum absolute atomic E-state index is 13.9. The molecule has 0 unspecified atom stereocenters. The second kappa shape index (κ2) is 6.78. The first-order valence-electron chi connectivity index (χ1n) is 7.07. The number of nitrogens with one attached hydrogen (secondary N) is 1. The molecule has 120 valence electrons. The molecule has 1 aliphatic heterocycles. The molecule has 0 saturated carbocycles. The highest BCUT2D eigenvalue weighted by Crippen LogP contribution is 2.25. The number of nitrogens with zero attached hydrogens (tertiary/aromatic N) is 3. The Kier molecular flexibility index (Phi) is 4.57. The van der Waals surface area contributed by atoms with E-state index in [4.69, 9.17) is 16.4 Å². The van der Waals surface area contributed by atoms with Gasteiger partial charge in [-0.3, -0.25) is 9.48 Å². The predicted molar refractivity (Wildman–Crippen MR) is 82.7 cm³/mol. The molecule has 0 spiro atoms. The molecule has 23 heavy (non-hydrogen) atoms. The van der Waals surface area contributed by atoms with Crippen LogP contribution in [0, 0.1) is 5.82 Å². The molecule has 1 aromatic carbocycles. The van der Waals surface area contributed by atoms with E-state index in [1.165, 1.54) is 12.1 Å². The molecular formula is C15H14ClFN4O2. The summed E-state index contributed by atoms with van der Waals surface area (Å²) in [7, 11) is 0. The number of amides is 1. The Morgan fingerprint density at radius 1 is 1.48 bits per heavy atom. The van der Waals surface area contributed by atoms with Gasteiger partial charge in [0, 0.05) is 25.4 Å². The zero-order valence-corrected chi connectivity index (χ0v) is 12.8. The number of halogens is 2. The van der Waals surface area contributed by atoms with Crippen LogP contribution in [0.4, 0.5) is 4.39 Å². The Hall–Kier alpha value is -2.41. The fourth-order valence-electron chi connectivity index (χ4n) is 2.28. The minimum absolute atomic E-state index is 0.175. The van der Waals surface area contributed by atoms with Crippen LogP contribution >= 0.6 is 11.6 Å². The Morgan fingerprint density at radius 2 is 2.35 bits per heavy atom. The molecule has 2 aromatic rings. The van der Waals surface area contributed by atoms with E-state index in [-0.39, 0.29) is 22.9 Å². The van der Waals surface area contributed by atoms with Crippen molar-refractivity contribution >= 4 is 23.2 Å². The highest BCUT2D eigenvalue weighted by Gasteiger charge is 2.30. The molecule has 1 N–H and O–H groups in total. The summed E-state index contributed by atoms with van der Waals surface area (Å²) in [5.41, 5.74) is 0.515. The van der Waals surface area contributed by atoms with Crippen molar-refractivity contribution in [2.45, 2.75) is 19.1 Å². The molecule has 3 rings (SSSR count). The molecule has 1 aliphatic rings. The SMILES string of the molecule is O=C(NCCn1cccn1)[C@H]1CC(c2c(F)cccc2Cl)=NO1. The van der Waals surface area contributed by atoms with Crippen LogP contribution in [0.25, 0.3) is 0 Å². The third-order valence-electron chi connectivity index (χ3n) is 3.41. The van der Waals surface area contributed by atoms with Gasteiger partial charge in [0.25, 0.3) is 5.91 Å². The minimum Gasteiger partial charge on any atom is -0.382 e. The number of benzene rings is 1. The summed E-state index contributed by atoms with van der Waals surface area (Å²) in [6.45, 7) is 0.967. The molecule has 0 aliphatic carbocycles. The summed E-state index contributed by atoms with van der Waals surface area (Å²) >= 11 is 5.99. The third kappa shape index (κ3) is 3.50. The molecule has 0 bridgehead atoms. The lowest BCUT2D eigenvalue weighted by atomic mass is 10.0. The standard InChI is InChI=1S/C15H14ClFN4O2/c16-10-3-1-4-11(17)14(10)12-9-13(23-20-12)15(22)18-6-8-21-7-2-5-19-21/h1-5,7,13H,6,8-9H2,(H,18,22)/t13-/m1/s1. The second-order valence-electron chi connectivity index (χ2n) is 4.99. The lowest BCUT2D eigenvalue weighted by molar-refractivity contribution is -0.131. The molecule has 1 amide bonds. The van der Waals surface area contributed by atoms with E-state index in [1.807, 2.05) is 0 Å². The molecule has 2 heterocycles. The molecular weight excluding hydrogens is 323 g/mol. The van der Waals surface area contributed by atoms with E-state index in [0.717, 1.165) is 0 Å². The maximum Gasteiger partial charge on any atom is 0.264 e. The summed E-state index contributed by atoms with van der Waals surface area (Å²) in [5, 5.41) is 10.8. The summed E-state index contributed by atoms with van der Waals surface area (Å²) in [6, 6.07) is 6.18. The summed E-state index contributed by atoms with van der Waals surface area (Å²) < 4.78 is 15.6. The van der Waals surface area contributed by atoms with E-state index < -0.39 is 11.9 Å². The van der Waals surface area contributed by atoms with E-state index in [9.17, 15) is 9.18 Å². The first-order chi connectivity index (χ1) is 11.1. The summed E-state index contributed by atoms with van der Waals surface area (Å²) in [4.78, 5) is 17.2. The van der Waals surface area contributed by atoms with Gasteiger partial charge in [-0.15, -0.1) is 0 Å². The average Bonchev–Trinajstić information content (AvgIpc) is 3.18. The molecule has 8 heteroatoms. The van der Waals surface area contributed by atoms with Gasteiger partial charge in [-0.1, -0.05) is 22.8 Å². The van der Waals surface area contributed by atoms with Crippen LogP contribution in [0.15, 0.2) is 41.8 Å². The van der Waals surface area contributed by atoms with E-state index >= 15 is 0 Å². The maximum atomic E-state index is 13.9. The van der Waals surface area contributed by atoms with E-state index in [1.54, 1.807) is 29.2 Å². The van der Waals surface area contributed by atoms with Crippen molar-refractivity contribution in [1.29, 1.82) is 0 Å². The van der Waals surface area contributed by atoms with Gasteiger partial charge in [0.05, 0.1) is 22.8 Å². The zero-order chi connectivity index (χ0) is 16.2. The van der Waals surface area contributed by atoms with Crippen molar-refractivity contribution in [1.82, 2.24) is 15.1 Å². The highest BCUT2D eigenvalue weighted by atomic mass is 35.5. The zero-order valence-electron chi connectivity index (χ0n) is 12.1. The normalized spacial score (nSPS) is 16.8. The first-order valence-corrected chi connectivity index (χ1v) is 7.45. The Balaban J connectivity index is 1.55. The molecule has 0 fully saturated rings. The number of aromatic nitrogens is 2. The number of carbonyl (C=O) groups is 1. The van der Waals surface area contributed by atoms with Gasteiger partial charge >= 0.3 is 0 Å². The summed E-state index contributed by atoms with van der Waals surface area (Å²) in [6.07, 6.45) is 2.87. The fraction of sp³-hybridized carbons (Fsp3) is 0.267. The molecule has 1 atom stereocenters. The van der Waals surface area contributed by atoms with Crippen LogP contribution in [0.5, 0.6) is 0 Å². The van der Waals surface area contributed by atoms with Gasteiger partial charge in [0.2, 0.25) is 6.10 Å². The number of rotatable bonds is 5. The van der Waals surface area contributed by atoms with Crippen LogP contribution in [-0.2, 0) is 16.2 Å². The van der Waals surface area contributed by atoms with Crippen molar-refractivity contribution < 1.29 is 14.0 Å². The average molecular weight is 337 g/mol. The molecule has 0 radical (unpaired) electrons. The van der Waals surface area contributed by atoms with Crippen LogP contribution in [0.3, 0.4) is 0 Å². The van der Waals surface area contributed by atoms with E-state index in [2.05, 4.69) is 15.6 Å². The first kappa shape index (κ1) is 15.5. The van der Waals surface area contributed by atoms with Gasteiger partial charge in [-0.25, -0.2) is 4.39 Å².